The Hall–Kier alpha value is -0.130. The first-order valence-corrected chi connectivity index (χ1v) is 9.06. The average Bonchev–Trinajstić information content (AvgIpc) is 2.79. The molecule has 0 aromatic rings. The van der Waals surface area contributed by atoms with Gasteiger partial charge >= 0.3 is 0 Å². The van der Waals surface area contributed by atoms with Crippen LogP contribution in [0, 0.1) is 0 Å². The van der Waals surface area contributed by atoms with Crippen LogP contribution in [0.5, 0.6) is 0 Å². The third-order valence-corrected chi connectivity index (χ3v) is 6.10. The van der Waals surface area contributed by atoms with E-state index in [1.807, 2.05) is 0 Å². The molecule has 0 aromatic carbocycles. The summed E-state index contributed by atoms with van der Waals surface area (Å²) >= 11 is 0. The lowest BCUT2D eigenvalue weighted by atomic mass is 10.0. The van der Waals surface area contributed by atoms with E-state index in [2.05, 4.69) is 17.3 Å². The highest BCUT2D eigenvalue weighted by Gasteiger charge is 2.37. The normalized spacial score (nSPS) is 34.1. The molecular weight excluding hydrogens is 248 g/mol. The Balaban J connectivity index is 1.93. The number of sulfone groups is 1. The summed E-state index contributed by atoms with van der Waals surface area (Å²) in [5.74, 6) is 0. The van der Waals surface area contributed by atoms with E-state index in [1.54, 1.807) is 0 Å². The van der Waals surface area contributed by atoms with Crippen molar-refractivity contribution >= 4 is 9.84 Å². The Morgan fingerprint density at radius 3 is 2.56 bits per heavy atom. The van der Waals surface area contributed by atoms with Crippen LogP contribution in [-0.2, 0) is 9.84 Å². The zero-order valence-electron chi connectivity index (χ0n) is 11.6. The van der Waals surface area contributed by atoms with Crippen molar-refractivity contribution in [2.45, 2.75) is 55.9 Å². The molecule has 1 N–H and O–H groups in total. The molecule has 0 bridgehead atoms. The minimum absolute atomic E-state index is 0.147. The summed E-state index contributed by atoms with van der Waals surface area (Å²) in [6.07, 6.45) is 8.10. The van der Waals surface area contributed by atoms with Crippen molar-refractivity contribution in [3.63, 3.8) is 0 Å². The molecule has 1 aliphatic heterocycles. The van der Waals surface area contributed by atoms with Gasteiger partial charge < -0.3 is 10.2 Å². The fraction of sp³-hybridized carbons (Fsp3) is 1.00. The van der Waals surface area contributed by atoms with Crippen molar-refractivity contribution in [2.24, 2.45) is 0 Å². The van der Waals surface area contributed by atoms with Crippen LogP contribution >= 0.6 is 0 Å². The molecule has 4 nitrogen and oxygen atoms in total. The predicted molar refractivity (Wildman–Crippen MR) is 74.5 cm³/mol. The van der Waals surface area contributed by atoms with Gasteiger partial charge in [0.25, 0.3) is 0 Å². The van der Waals surface area contributed by atoms with Gasteiger partial charge in [-0.1, -0.05) is 12.8 Å². The van der Waals surface area contributed by atoms with Crippen molar-refractivity contribution in [1.82, 2.24) is 10.2 Å². The predicted octanol–water partition coefficient (Wildman–Crippen LogP) is 1.03. The van der Waals surface area contributed by atoms with Gasteiger partial charge in [-0.3, -0.25) is 0 Å². The molecule has 3 unspecified atom stereocenters. The second kappa shape index (κ2) is 5.88. The van der Waals surface area contributed by atoms with E-state index in [-0.39, 0.29) is 11.3 Å². The van der Waals surface area contributed by atoms with Crippen molar-refractivity contribution in [2.75, 3.05) is 26.4 Å². The molecule has 0 amide bonds. The quantitative estimate of drug-likeness (QED) is 0.832. The summed E-state index contributed by atoms with van der Waals surface area (Å²) in [5.41, 5.74) is 0. The second-order valence-corrected chi connectivity index (χ2v) is 8.22. The standard InChI is InChI=1S/C13H26N2O2S/c1-15(10-11-6-3-4-9-14-11)12-7-5-8-13(12)18(2,16)17/h11-14H,3-10H2,1-2H3. The monoisotopic (exact) mass is 274 g/mol. The summed E-state index contributed by atoms with van der Waals surface area (Å²) in [6, 6.07) is 0.772. The highest BCUT2D eigenvalue weighted by molar-refractivity contribution is 7.91. The second-order valence-electron chi connectivity index (χ2n) is 5.95. The van der Waals surface area contributed by atoms with Crippen LogP contribution in [0.4, 0.5) is 0 Å². The molecule has 0 aromatic heterocycles. The van der Waals surface area contributed by atoms with Gasteiger partial charge in [0.1, 0.15) is 0 Å². The zero-order chi connectivity index (χ0) is 13.2. The van der Waals surface area contributed by atoms with Crippen molar-refractivity contribution in [3.05, 3.63) is 0 Å². The number of hydrogen-bond donors (Lipinski definition) is 1. The van der Waals surface area contributed by atoms with Crippen LogP contribution in [0.3, 0.4) is 0 Å². The van der Waals surface area contributed by atoms with Gasteiger partial charge in [-0.2, -0.15) is 0 Å². The fourth-order valence-electron chi connectivity index (χ4n) is 3.47. The molecule has 1 aliphatic carbocycles. The van der Waals surface area contributed by atoms with Gasteiger partial charge in [0, 0.05) is 24.9 Å². The van der Waals surface area contributed by atoms with E-state index < -0.39 is 9.84 Å². The van der Waals surface area contributed by atoms with E-state index in [0.717, 1.165) is 32.4 Å². The van der Waals surface area contributed by atoms with E-state index in [1.165, 1.54) is 25.5 Å². The Labute approximate surface area is 111 Å². The molecular formula is C13H26N2O2S. The third-order valence-electron chi connectivity index (χ3n) is 4.45. The molecule has 1 saturated carbocycles. The summed E-state index contributed by atoms with van der Waals surface area (Å²) in [6.45, 7) is 2.09. The van der Waals surface area contributed by atoms with Crippen LogP contribution in [-0.4, -0.2) is 57.0 Å². The molecule has 0 spiro atoms. The Morgan fingerprint density at radius 2 is 1.94 bits per heavy atom. The van der Waals surface area contributed by atoms with E-state index in [0.29, 0.717) is 6.04 Å². The topological polar surface area (TPSA) is 49.4 Å². The molecule has 2 rings (SSSR count). The average molecular weight is 274 g/mol. The molecule has 1 saturated heterocycles. The van der Waals surface area contributed by atoms with Gasteiger partial charge in [0.15, 0.2) is 9.84 Å². The summed E-state index contributed by atoms with van der Waals surface area (Å²) < 4.78 is 23.6. The lowest BCUT2D eigenvalue weighted by molar-refractivity contribution is 0.205. The molecule has 3 atom stereocenters. The largest absolute Gasteiger partial charge is 0.313 e. The van der Waals surface area contributed by atoms with Gasteiger partial charge in [-0.15, -0.1) is 0 Å². The molecule has 5 heteroatoms. The summed E-state index contributed by atoms with van der Waals surface area (Å²) in [4.78, 5) is 2.28. The van der Waals surface area contributed by atoms with Gasteiger partial charge in [0.05, 0.1) is 5.25 Å². The van der Waals surface area contributed by atoms with Crippen LogP contribution in [0.15, 0.2) is 0 Å². The van der Waals surface area contributed by atoms with Gasteiger partial charge in [-0.05, 0) is 39.3 Å². The van der Waals surface area contributed by atoms with E-state index in [4.69, 9.17) is 0 Å². The lowest BCUT2D eigenvalue weighted by Crippen LogP contribution is -2.48. The first-order valence-electron chi connectivity index (χ1n) is 7.11. The summed E-state index contributed by atoms with van der Waals surface area (Å²) in [7, 11) is -0.812. The van der Waals surface area contributed by atoms with Crippen molar-refractivity contribution in [1.29, 1.82) is 0 Å². The first-order chi connectivity index (χ1) is 8.48. The number of piperidine rings is 1. The Morgan fingerprint density at radius 1 is 1.17 bits per heavy atom. The van der Waals surface area contributed by atoms with Crippen LogP contribution in [0.2, 0.25) is 0 Å². The van der Waals surface area contributed by atoms with Crippen LogP contribution in [0.1, 0.15) is 38.5 Å². The highest BCUT2D eigenvalue weighted by Crippen LogP contribution is 2.29. The number of likely N-dealkylation sites (N-methyl/N-ethyl adjacent to an activating group) is 1. The fourth-order valence-corrected chi connectivity index (χ4v) is 4.98. The number of rotatable bonds is 4. The van der Waals surface area contributed by atoms with Crippen LogP contribution in [0.25, 0.3) is 0 Å². The van der Waals surface area contributed by atoms with Gasteiger partial charge in [-0.25, -0.2) is 8.42 Å². The highest BCUT2D eigenvalue weighted by atomic mass is 32.2. The SMILES string of the molecule is CN(CC1CCCCN1)C1CCCC1S(C)(=O)=O. The minimum Gasteiger partial charge on any atom is -0.313 e. The number of nitrogens with one attached hydrogen (secondary N) is 1. The van der Waals surface area contributed by atoms with Crippen LogP contribution < -0.4 is 5.32 Å². The Bertz CT molecular complexity index is 363. The molecule has 18 heavy (non-hydrogen) atoms. The maximum absolute atomic E-state index is 11.8. The lowest BCUT2D eigenvalue weighted by Gasteiger charge is -2.33. The van der Waals surface area contributed by atoms with Gasteiger partial charge in [0.2, 0.25) is 0 Å². The molecule has 2 fully saturated rings. The Kier molecular flexibility index (Phi) is 4.67. The first kappa shape index (κ1) is 14.3. The molecule has 0 radical (unpaired) electrons. The number of nitrogens with zero attached hydrogens (tertiary/aromatic N) is 1. The maximum atomic E-state index is 11.8. The van der Waals surface area contributed by atoms with Crippen molar-refractivity contribution in [3.8, 4) is 0 Å². The maximum Gasteiger partial charge on any atom is 0.151 e. The summed E-state index contributed by atoms with van der Waals surface area (Å²) in [5, 5.41) is 3.39. The molecule has 106 valence electrons. The van der Waals surface area contributed by atoms with Crippen molar-refractivity contribution < 1.29 is 8.42 Å². The molecule has 2 aliphatic rings. The zero-order valence-corrected chi connectivity index (χ0v) is 12.4. The minimum atomic E-state index is -2.90. The smallest absolute Gasteiger partial charge is 0.151 e. The molecule has 1 heterocycles. The van der Waals surface area contributed by atoms with E-state index >= 15 is 0 Å². The number of hydrogen-bond acceptors (Lipinski definition) is 4. The third kappa shape index (κ3) is 3.45. The van der Waals surface area contributed by atoms with E-state index in [9.17, 15) is 8.42 Å².